The van der Waals surface area contributed by atoms with Gasteiger partial charge in [-0.15, -0.1) is 11.6 Å². The Kier molecular flexibility index (Phi) is 3.38. The molecule has 0 radical (unpaired) electrons. The fourth-order valence-electron chi connectivity index (χ4n) is 2.29. The van der Waals surface area contributed by atoms with E-state index in [1.807, 2.05) is 37.3 Å². The van der Waals surface area contributed by atoms with E-state index in [1.54, 1.807) is 6.26 Å². The van der Waals surface area contributed by atoms with Gasteiger partial charge >= 0.3 is 0 Å². The fraction of sp³-hybridized carbons (Fsp3) is 0.125. The average Bonchev–Trinajstić information content (AvgIpc) is 2.85. The van der Waals surface area contributed by atoms with Crippen molar-refractivity contribution in [3.63, 3.8) is 0 Å². The van der Waals surface area contributed by atoms with Crippen molar-refractivity contribution < 1.29 is 4.42 Å². The van der Waals surface area contributed by atoms with Gasteiger partial charge in [0.1, 0.15) is 11.1 Å². The third-order valence-electron chi connectivity index (χ3n) is 3.31. The highest BCUT2D eigenvalue weighted by atomic mass is 79.9. The standard InChI is InChI=1S/C16H12BrClO/c1-10-8-9-19-16(10)15(18)13-6-7-14(17)12-5-3-2-4-11(12)13/h2-9,15H,1H3. The molecule has 3 rings (SSSR count). The number of benzene rings is 2. The molecule has 1 atom stereocenters. The van der Waals surface area contributed by atoms with Gasteiger partial charge in [0.25, 0.3) is 0 Å². The van der Waals surface area contributed by atoms with E-state index in [-0.39, 0.29) is 5.38 Å². The second-order valence-corrected chi connectivity index (χ2v) is 5.80. The molecule has 0 N–H and O–H groups in total. The van der Waals surface area contributed by atoms with Crippen molar-refractivity contribution in [3.05, 3.63) is 70.1 Å². The van der Waals surface area contributed by atoms with Crippen LogP contribution in [-0.4, -0.2) is 0 Å². The van der Waals surface area contributed by atoms with Crippen LogP contribution in [0.3, 0.4) is 0 Å². The Morgan fingerprint density at radius 3 is 2.47 bits per heavy atom. The van der Waals surface area contributed by atoms with E-state index in [0.29, 0.717) is 0 Å². The van der Waals surface area contributed by atoms with Gasteiger partial charge in [-0.25, -0.2) is 0 Å². The molecule has 96 valence electrons. The van der Waals surface area contributed by atoms with Crippen molar-refractivity contribution >= 4 is 38.3 Å². The molecule has 3 heteroatoms. The molecule has 0 fully saturated rings. The smallest absolute Gasteiger partial charge is 0.129 e. The first-order chi connectivity index (χ1) is 9.18. The molecule has 3 aromatic rings. The van der Waals surface area contributed by atoms with Gasteiger partial charge in [0.2, 0.25) is 0 Å². The molecule has 19 heavy (non-hydrogen) atoms. The van der Waals surface area contributed by atoms with E-state index in [2.05, 4.69) is 28.1 Å². The lowest BCUT2D eigenvalue weighted by molar-refractivity contribution is 0.514. The van der Waals surface area contributed by atoms with Crippen LogP contribution in [0.15, 0.2) is 57.6 Å². The van der Waals surface area contributed by atoms with Crippen LogP contribution in [0.25, 0.3) is 10.8 Å². The van der Waals surface area contributed by atoms with Gasteiger partial charge in [0.15, 0.2) is 0 Å². The van der Waals surface area contributed by atoms with Crippen LogP contribution in [-0.2, 0) is 0 Å². The lowest BCUT2D eigenvalue weighted by atomic mass is 10.00. The van der Waals surface area contributed by atoms with Gasteiger partial charge in [-0.05, 0) is 41.0 Å². The number of hydrogen-bond acceptors (Lipinski definition) is 1. The highest BCUT2D eigenvalue weighted by molar-refractivity contribution is 9.10. The lowest BCUT2D eigenvalue weighted by Crippen LogP contribution is -1.95. The molecular formula is C16H12BrClO. The highest BCUT2D eigenvalue weighted by Gasteiger charge is 2.19. The number of fused-ring (bicyclic) bond motifs is 1. The van der Waals surface area contributed by atoms with E-state index < -0.39 is 0 Å². The van der Waals surface area contributed by atoms with Crippen molar-refractivity contribution in [1.82, 2.24) is 0 Å². The van der Waals surface area contributed by atoms with Crippen LogP contribution in [0.4, 0.5) is 0 Å². The van der Waals surface area contributed by atoms with E-state index >= 15 is 0 Å². The van der Waals surface area contributed by atoms with Gasteiger partial charge in [0, 0.05) is 4.47 Å². The summed E-state index contributed by atoms with van der Waals surface area (Å²) >= 11 is 10.2. The second kappa shape index (κ2) is 5.03. The molecule has 1 heterocycles. The minimum Gasteiger partial charge on any atom is -0.467 e. The molecule has 0 aliphatic heterocycles. The minimum atomic E-state index is -0.270. The quantitative estimate of drug-likeness (QED) is 0.537. The van der Waals surface area contributed by atoms with Crippen LogP contribution in [0.1, 0.15) is 22.3 Å². The third-order valence-corrected chi connectivity index (χ3v) is 4.43. The van der Waals surface area contributed by atoms with Gasteiger partial charge in [-0.3, -0.25) is 0 Å². The maximum absolute atomic E-state index is 6.60. The zero-order valence-electron chi connectivity index (χ0n) is 10.4. The Morgan fingerprint density at radius 1 is 1.05 bits per heavy atom. The normalized spacial score (nSPS) is 12.8. The van der Waals surface area contributed by atoms with E-state index in [4.69, 9.17) is 16.0 Å². The monoisotopic (exact) mass is 334 g/mol. The van der Waals surface area contributed by atoms with Crippen molar-refractivity contribution in [1.29, 1.82) is 0 Å². The molecule has 0 aliphatic rings. The highest BCUT2D eigenvalue weighted by Crippen LogP contribution is 2.37. The molecule has 0 aliphatic carbocycles. The summed E-state index contributed by atoms with van der Waals surface area (Å²) in [5.41, 5.74) is 2.14. The Hall–Kier alpha value is -1.25. The van der Waals surface area contributed by atoms with Gasteiger partial charge in [-0.1, -0.05) is 46.3 Å². The number of halogens is 2. The molecule has 0 bridgehead atoms. The summed E-state index contributed by atoms with van der Waals surface area (Å²) in [5.74, 6) is 0.814. The first-order valence-electron chi connectivity index (χ1n) is 6.03. The molecule has 1 nitrogen and oxygen atoms in total. The van der Waals surface area contributed by atoms with Gasteiger partial charge in [-0.2, -0.15) is 0 Å². The third kappa shape index (κ3) is 2.19. The Morgan fingerprint density at radius 2 is 1.79 bits per heavy atom. The first-order valence-corrected chi connectivity index (χ1v) is 7.26. The van der Waals surface area contributed by atoms with E-state index in [9.17, 15) is 0 Å². The number of alkyl halides is 1. The molecule has 2 aromatic carbocycles. The molecule has 0 saturated heterocycles. The van der Waals surface area contributed by atoms with E-state index in [1.165, 1.54) is 0 Å². The molecule has 0 saturated carbocycles. The van der Waals surface area contributed by atoms with Crippen LogP contribution >= 0.6 is 27.5 Å². The zero-order chi connectivity index (χ0) is 13.4. The van der Waals surface area contributed by atoms with Gasteiger partial charge < -0.3 is 4.42 Å². The summed E-state index contributed by atoms with van der Waals surface area (Å²) in [6.07, 6.45) is 1.68. The van der Waals surface area contributed by atoms with Gasteiger partial charge in [0.05, 0.1) is 6.26 Å². The molecule has 0 amide bonds. The Bertz CT molecular complexity index is 732. The van der Waals surface area contributed by atoms with Crippen LogP contribution in [0.5, 0.6) is 0 Å². The molecular weight excluding hydrogens is 324 g/mol. The van der Waals surface area contributed by atoms with Crippen molar-refractivity contribution in [2.45, 2.75) is 12.3 Å². The SMILES string of the molecule is Cc1ccoc1C(Cl)c1ccc(Br)c2ccccc12. The van der Waals surface area contributed by atoms with Crippen LogP contribution in [0.2, 0.25) is 0 Å². The maximum atomic E-state index is 6.60. The summed E-state index contributed by atoms with van der Waals surface area (Å²) < 4.78 is 6.59. The summed E-state index contributed by atoms with van der Waals surface area (Å²) in [7, 11) is 0. The number of aryl methyl sites for hydroxylation is 1. The molecule has 1 aromatic heterocycles. The van der Waals surface area contributed by atoms with Crippen LogP contribution < -0.4 is 0 Å². The predicted molar refractivity (Wildman–Crippen MR) is 82.8 cm³/mol. The first kappa shape index (κ1) is 12.8. The predicted octanol–water partition coefficient (Wildman–Crippen LogP) is 5.83. The zero-order valence-corrected chi connectivity index (χ0v) is 12.7. The molecule has 0 spiro atoms. The topological polar surface area (TPSA) is 13.1 Å². The van der Waals surface area contributed by atoms with Crippen molar-refractivity contribution in [2.24, 2.45) is 0 Å². The summed E-state index contributed by atoms with van der Waals surface area (Å²) in [6.45, 7) is 2.01. The van der Waals surface area contributed by atoms with Crippen molar-refractivity contribution in [3.8, 4) is 0 Å². The lowest BCUT2D eigenvalue weighted by Gasteiger charge is -2.13. The van der Waals surface area contributed by atoms with Crippen LogP contribution in [0, 0.1) is 6.92 Å². The second-order valence-electron chi connectivity index (χ2n) is 4.51. The Labute approximate surface area is 125 Å². The van der Waals surface area contributed by atoms with Crippen molar-refractivity contribution in [2.75, 3.05) is 0 Å². The number of rotatable bonds is 2. The fourth-order valence-corrected chi connectivity index (χ4v) is 3.18. The maximum Gasteiger partial charge on any atom is 0.129 e. The molecule has 1 unspecified atom stereocenters. The summed E-state index contributed by atoms with van der Waals surface area (Å²) in [5, 5.41) is 2.04. The minimum absolute atomic E-state index is 0.270. The Balaban J connectivity index is 2.21. The largest absolute Gasteiger partial charge is 0.467 e. The summed E-state index contributed by atoms with van der Waals surface area (Å²) in [6, 6.07) is 14.2. The average molecular weight is 336 g/mol. The summed E-state index contributed by atoms with van der Waals surface area (Å²) in [4.78, 5) is 0. The number of furan rings is 1. The van der Waals surface area contributed by atoms with E-state index in [0.717, 1.165) is 32.1 Å². The number of hydrogen-bond donors (Lipinski definition) is 0.